The first-order chi connectivity index (χ1) is 15.5. The third-order valence-electron chi connectivity index (χ3n) is 4.92. The van der Waals surface area contributed by atoms with Crippen molar-refractivity contribution in [1.29, 1.82) is 0 Å². The van der Waals surface area contributed by atoms with Crippen LogP contribution in [0.25, 0.3) is 6.08 Å². The summed E-state index contributed by atoms with van der Waals surface area (Å²) in [6.07, 6.45) is 1.82. The molecule has 3 aromatic rings. The number of benzene rings is 3. The van der Waals surface area contributed by atoms with Gasteiger partial charge in [-0.25, -0.2) is 0 Å². The number of anilines is 1. The molecule has 0 aromatic heterocycles. The predicted octanol–water partition coefficient (Wildman–Crippen LogP) is 6.61. The number of hydrazone groups is 1. The molecule has 1 heterocycles. The standard InChI is InChI=1S/C25H20Br2N2O3/c1-16-21(25(30)29(28-16)20-6-4-3-5-7-20)12-18-13-22(27)24(23(14-18)31-2)32-15-17-8-10-19(26)11-9-17/h3-14H,15H2,1-2H3/b21-12+. The van der Waals surface area contributed by atoms with Crippen LogP contribution in [-0.2, 0) is 11.4 Å². The zero-order chi connectivity index (χ0) is 22.7. The summed E-state index contributed by atoms with van der Waals surface area (Å²) in [6.45, 7) is 2.23. The monoisotopic (exact) mass is 554 g/mol. The molecule has 1 aliphatic heterocycles. The summed E-state index contributed by atoms with van der Waals surface area (Å²) in [5, 5.41) is 5.85. The first kappa shape index (κ1) is 22.3. The zero-order valence-electron chi connectivity index (χ0n) is 17.5. The number of hydrogen-bond acceptors (Lipinski definition) is 4. The van der Waals surface area contributed by atoms with Crippen molar-refractivity contribution < 1.29 is 14.3 Å². The van der Waals surface area contributed by atoms with Crippen molar-refractivity contribution in [3.05, 3.63) is 92.4 Å². The van der Waals surface area contributed by atoms with E-state index < -0.39 is 0 Å². The van der Waals surface area contributed by atoms with Gasteiger partial charge >= 0.3 is 0 Å². The van der Waals surface area contributed by atoms with E-state index in [9.17, 15) is 4.79 Å². The maximum atomic E-state index is 13.0. The van der Waals surface area contributed by atoms with E-state index in [1.807, 2.05) is 79.7 Å². The Morgan fingerprint density at radius 3 is 2.44 bits per heavy atom. The van der Waals surface area contributed by atoms with E-state index in [1.54, 1.807) is 7.11 Å². The molecule has 162 valence electrons. The number of nitrogens with zero attached hydrogens (tertiary/aromatic N) is 2. The molecule has 1 aliphatic rings. The van der Waals surface area contributed by atoms with Crippen LogP contribution in [0.2, 0.25) is 0 Å². The number of amides is 1. The molecule has 0 atom stereocenters. The molecule has 0 unspecified atom stereocenters. The summed E-state index contributed by atoms with van der Waals surface area (Å²) < 4.78 is 13.3. The lowest BCUT2D eigenvalue weighted by atomic mass is 10.1. The SMILES string of the molecule is COc1cc(/C=C2/C(=O)N(c3ccccc3)N=C2C)cc(Br)c1OCc1ccc(Br)cc1. The second kappa shape index (κ2) is 9.71. The Bertz CT molecular complexity index is 1210. The highest BCUT2D eigenvalue weighted by Gasteiger charge is 2.28. The van der Waals surface area contributed by atoms with Crippen LogP contribution in [0.1, 0.15) is 18.1 Å². The van der Waals surface area contributed by atoms with Gasteiger partial charge in [0.1, 0.15) is 6.61 Å². The molecular formula is C25H20Br2N2O3. The molecule has 0 bridgehead atoms. The van der Waals surface area contributed by atoms with Crippen LogP contribution in [0.4, 0.5) is 5.69 Å². The second-order valence-electron chi connectivity index (χ2n) is 7.15. The Labute approximate surface area is 203 Å². The van der Waals surface area contributed by atoms with Crippen molar-refractivity contribution in [2.75, 3.05) is 12.1 Å². The van der Waals surface area contributed by atoms with E-state index in [2.05, 4.69) is 37.0 Å². The molecule has 1 amide bonds. The molecule has 0 saturated carbocycles. The Kier molecular flexibility index (Phi) is 6.77. The number of para-hydroxylation sites is 1. The smallest absolute Gasteiger partial charge is 0.280 e. The van der Waals surface area contributed by atoms with Crippen molar-refractivity contribution in [2.45, 2.75) is 13.5 Å². The molecule has 0 radical (unpaired) electrons. The van der Waals surface area contributed by atoms with E-state index in [0.717, 1.165) is 25.8 Å². The Morgan fingerprint density at radius 1 is 1.03 bits per heavy atom. The van der Waals surface area contributed by atoms with Crippen molar-refractivity contribution in [2.24, 2.45) is 5.10 Å². The highest BCUT2D eigenvalue weighted by atomic mass is 79.9. The molecule has 0 spiro atoms. The van der Waals surface area contributed by atoms with Gasteiger partial charge in [0.05, 0.1) is 28.6 Å². The van der Waals surface area contributed by atoms with E-state index in [-0.39, 0.29) is 5.91 Å². The van der Waals surface area contributed by atoms with Crippen LogP contribution in [0.3, 0.4) is 0 Å². The van der Waals surface area contributed by atoms with Crippen molar-refractivity contribution >= 4 is 55.2 Å². The number of carbonyl (C=O) groups is 1. The fourth-order valence-electron chi connectivity index (χ4n) is 3.29. The molecule has 0 saturated heterocycles. The number of carbonyl (C=O) groups excluding carboxylic acids is 1. The first-order valence-electron chi connectivity index (χ1n) is 9.88. The predicted molar refractivity (Wildman–Crippen MR) is 134 cm³/mol. The second-order valence-corrected chi connectivity index (χ2v) is 8.92. The van der Waals surface area contributed by atoms with Gasteiger partial charge in [-0.2, -0.15) is 10.1 Å². The van der Waals surface area contributed by atoms with E-state index in [1.165, 1.54) is 5.01 Å². The fraction of sp³-hybridized carbons (Fsp3) is 0.120. The lowest BCUT2D eigenvalue weighted by Gasteiger charge is -2.14. The Hall–Kier alpha value is -2.90. The average molecular weight is 556 g/mol. The maximum Gasteiger partial charge on any atom is 0.280 e. The van der Waals surface area contributed by atoms with Crippen LogP contribution >= 0.6 is 31.9 Å². The molecule has 0 fully saturated rings. The lowest BCUT2D eigenvalue weighted by Crippen LogP contribution is -2.21. The summed E-state index contributed by atoms with van der Waals surface area (Å²) in [5.41, 5.74) is 3.77. The van der Waals surface area contributed by atoms with E-state index in [0.29, 0.717) is 29.4 Å². The molecule has 4 rings (SSSR count). The van der Waals surface area contributed by atoms with Crippen molar-refractivity contribution in [3.8, 4) is 11.5 Å². The summed E-state index contributed by atoms with van der Waals surface area (Å²) in [5.74, 6) is 1.01. The molecule has 0 N–H and O–H groups in total. The van der Waals surface area contributed by atoms with Crippen LogP contribution in [0, 0.1) is 0 Å². The third-order valence-corrected chi connectivity index (χ3v) is 6.04. The minimum absolute atomic E-state index is 0.167. The number of halogens is 2. The highest BCUT2D eigenvalue weighted by Crippen LogP contribution is 2.38. The number of methoxy groups -OCH3 is 1. The number of rotatable bonds is 6. The third kappa shape index (κ3) is 4.79. The summed E-state index contributed by atoms with van der Waals surface area (Å²) in [7, 11) is 1.59. The molecule has 32 heavy (non-hydrogen) atoms. The normalized spacial score (nSPS) is 14.6. The molecule has 3 aromatic carbocycles. The number of hydrogen-bond donors (Lipinski definition) is 0. The quantitative estimate of drug-likeness (QED) is 0.322. The van der Waals surface area contributed by atoms with Crippen molar-refractivity contribution in [3.63, 3.8) is 0 Å². The Morgan fingerprint density at radius 2 is 1.75 bits per heavy atom. The first-order valence-corrected chi connectivity index (χ1v) is 11.5. The highest BCUT2D eigenvalue weighted by molar-refractivity contribution is 9.10. The largest absolute Gasteiger partial charge is 0.493 e. The van der Waals surface area contributed by atoms with Gasteiger partial charge in [-0.3, -0.25) is 4.79 Å². The topological polar surface area (TPSA) is 51.1 Å². The van der Waals surface area contributed by atoms with Crippen LogP contribution in [0.5, 0.6) is 11.5 Å². The zero-order valence-corrected chi connectivity index (χ0v) is 20.7. The summed E-state index contributed by atoms with van der Waals surface area (Å²) in [6, 6.07) is 21.1. The van der Waals surface area contributed by atoms with Gasteiger partial charge in [0.15, 0.2) is 11.5 Å². The van der Waals surface area contributed by atoms with Crippen LogP contribution in [-0.4, -0.2) is 18.7 Å². The minimum atomic E-state index is -0.167. The van der Waals surface area contributed by atoms with Gasteiger partial charge in [0, 0.05) is 4.47 Å². The maximum absolute atomic E-state index is 13.0. The Balaban J connectivity index is 1.59. The van der Waals surface area contributed by atoms with Gasteiger partial charge in [-0.15, -0.1) is 0 Å². The summed E-state index contributed by atoms with van der Waals surface area (Å²) in [4.78, 5) is 13.0. The van der Waals surface area contributed by atoms with Crippen molar-refractivity contribution in [1.82, 2.24) is 0 Å². The molecule has 0 aliphatic carbocycles. The van der Waals surface area contributed by atoms with Gasteiger partial charge < -0.3 is 9.47 Å². The molecule has 5 nitrogen and oxygen atoms in total. The van der Waals surface area contributed by atoms with Gasteiger partial charge in [-0.05, 0) is 76.5 Å². The number of ether oxygens (including phenoxy) is 2. The van der Waals surface area contributed by atoms with Crippen LogP contribution in [0.15, 0.2) is 86.3 Å². The minimum Gasteiger partial charge on any atom is -0.493 e. The van der Waals surface area contributed by atoms with Crippen LogP contribution < -0.4 is 14.5 Å². The molecular weight excluding hydrogens is 536 g/mol. The molecule has 7 heteroatoms. The van der Waals surface area contributed by atoms with E-state index >= 15 is 0 Å². The summed E-state index contributed by atoms with van der Waals surface area (Å²) >= 11 is 7.02. The van der Waals surface area contributed by atoms with Gasteiger partial charge in [0.2, 0.25) is 0 Å². The average Bonchev–Trinajstić information content (AvgIpc) is 3.08. The van der Waals surface area contributed by atoms with Gasteiger partial charge in [-0.1, -0.05) is 46.3 Å². The lowest BCUT2D eigenvalue weighted by molar-refractivity contribution is -0.114. The van der Waals surface area contributed by atoms with E-state index in [4.69, 9.17) is 9.47 Å². The fourth-order valence-corrected chi connectivity index (χ4v) is 4.13. The van der Waals surface area contributed by atoms with Gasteiger partial charge in [0.25, 0.3) is 5.91 Å².